The van der Waals surface area contributed by atoms with E-state index in [0.717, 1.165) is 38.8 Å². The SMILES string of the molecule is CCCNC1(C(=O)O)CCC(N(C)CC(C)C)C1. The van der Waals surface area contributed by atoms with Crippen LogP contribution in [-0.2, 0) is 4.79 Å². The lowest BCUT2D eigenvalue weighted by Crippen LogP contribution is -2.51. The molecule has 4 nitrogen and oxygen atoms in total. The maximum Gasteiger partial charge on any atom is 0.323 e. The lowest BCUT2D eigenvalue weighted by Gasteiger charge is -2.29. The molecule has 0 aliphatic heterocycles. The van der Waals surface area contributed by atoms with Crippen LogP contribution in [0.4, 0.5) is 0 Å². The summed E-state index contributed by atoms with van der Waals surface area (Å²) in [7, 11) is 2.11. The van der Waals surface area contributed by atoms with Crippen LogP contribution in [0.3, 0.4) is 0 Å². The van der Waals surface area contributed by atoms with Crippen molar-refractivity contribution in [1.82, 2.24) is 10.2 Å². The average Bonchev–Trinajstić information content (AvgIpc) is 2.71. The van der Waals surface area contributed by atoms with Crippen molar-refractivity contribution in [1.29, 1.82) is 0 Å². The molecular weight excluding hydrogens is 228 g/mol. The molecule has 106 valence electrons. The number of carbonyl (C=O) groups is 1. The fourth-order valence-corrected chi connectivity index (χ4v) is 2.92. The smallest absolute Gasteiger partial charge is 0.323 e. The Morgan fingerprint density at radius 3 is 2.72 bits per heavy atom. The Kier molecular flexibility index (Phi) is 5.60. The third-order valence-electron chi connectivity index (χ3n) is 3.89. The third-order valence-corrected chi connectivity index (χ3v) is 3.89. The number of nitrogens with one attached hydrogen (secondary N) is 1. The van der Waals surface area contributed by atoms with E-state index >= 15 is 0 Å². The van der Waals surface area contributed by atoms with Gasteiger partial charge in [-0.3, -0.25) is 4.79 Å². The maximum absolute atomic E-state index is 11.5. The number of hydrogen-bond donors (Lipinski definition) is 2. The van der Waals surface area contributed by atoms with E-state index in [4.69, 9.17) is 0 Å². The summed E-state index contributed by atoms with van der Waals surface area (Å²) in [6.45, 7) is 8.29. The number of nitrogens with zero attached hydrogens (tertiary/aromatic N) is 1. The van der Waals surface area contributed by atoms with Gasteiger partial charge in [0.15, 0.2) is 0 Å². The van der Waals surface area contributed by atoms with Gasteiger partial charge in [-0.25, -0.2) is 0 Å². The predicted molar refractivity (Wildman–Crippen MR) is 73.8 cm³/mol. The highest BCUT2D eigenvalue weighted by atomic mass is 16.4. The summed E-state index contributed by atoms with van der Waals surface area (Å²) in [4.78, 5) is 13.9. The maximum atomic E-state index is 11.5. The van der Waals surface area contributed by atoms with Crippen LogP contribution in [-0.4, -0.2) is 47.7 Å². The van der Waals surface area contributed by atoms with Gasteiger partial charge in [-0.15, -0.1) is 0 Å². The molecule has 1 rings (SSSR count). The highest BCUT2D eigenvalue weighted by Crippen LogP contribution is 2.33. The second-order valence-electron chi connectivity index (χ2n) is 6.04. The van der Waals surface area contributed by atoms with E-state index in [1.807, 2.05) is 0 Å². The van der Waals surface area contributed by atoms with Crippen LogP contribution in [0.5, 0.6) is 0 Å². The largest absolute Gasteiger partial charge is 0.480 e. The molecule has 2 unspecified atom stereocenters. The summed E-state index contributed by atoms with van der Waals surface area (Å²) >= 11 is 0. The molecule has 2 N–H and O–H groups in total. The monoisotopic (exact) mass is 256 g/mol. The first-order chi connectivity index (χ1) is 8.41. The van der Waals surface area contributed by atoms with Gasteiger partial charge in [0, 0.05) is 12.6 Å². The highest BCUT2D eigenvalue weighted by Gasteiger charge is 2.45. The molecule has 0 radical (unpaired) electrons. The van der Waals surface area contributed by atoms with Crippen LogP contribution in [0, 0.1) is 5.92 Å². The van der Waals surface area contributed by atoms with E-state index in [1.54, 1.807) is 0 Å². The first-order valence-corrected chi connectivity index (χ1v) is 7.10. The van der Waals surface area contributed by atoms with Crippen molar-refractivity contribution in [2.75, 3.05) is 20.1 Å². The molecule has 4 heteroatoms. The zero-order valence-corrected chi connectivity index (χ0v) is 12.2. The fourth-order valence-electron chi connectivity index (χ4n) is 2.92. The van der Waals surface area contributed by atoms with Crippen molar-refractivity contribution in [3.05, 3.63) is 0 Å². The Labute approximate surface area is 111 Å². The minimum Gasteiger partial charge on any atom is -0.480 e. The van der Waals surface area contributed by atoms with Gasteiger partial charge in [0.05, 0.1) is 0 Å². The minimum atomic E-state index is -0.689. The van der Waals surface area contributed by atoms with E-state index in [1.165, 1.54) is 0 Å². The summed E-state index contributed by atoms with van der Waals surface area (Å²) in [6, 6.07) is 0.396. The van der Waals surface area contributed by atoms with Gasteiger partial charge in [-0.1, -0.05) is 20.8 Å². The molecule has 2 atom stereocenters. The summed E-state index contributed by atoms with van der Waals surface area (Å²) in [5.74, 6) is -0.0603. The average molecular weight is 256 g/mol. The molecule has 0 spiro atoms. The molecule has 0 aromatic heterocycles. The van der Waals surface area contributed by atoms with Gasteiger partial charge in [0.2, 0.25) is 0 Å². The summed E-state index contributed by atoms with van der Waals surface area (Å²) in [5.41, 5.74) is -0.689. The van der Waals surface area contributed by atoms with Crippen LogP contribution < -0.4 is 5.32 Å². The molecule has 0 amide bonds. The Balaban J connectivity index is 2.62. The van der Waals surface area contributed by atoms with Crippen molar-refractivity contribution >= 4 is 5.97 Å². The molecule has 1 fully saturated rings. The number of carboxylic acid groups (broad SMARTS) is 1. The standard InChI is InChI=1S/C14H28N2O2/c1-5-8-15-14(13(17)18)7-6-12(9-14)16(4)10-11(2)3/h11-12,15H,5-10H2,1-4H3,(H,17,18). The number of carboxylic acids is 1. The third kappa shape index (κ3) is 3.69. The highest BCUT2D eigenvalue weighted by molar-refractivity contribution is 5.79. The first kappa shape index (κ1) is 15.4. The Morgan fingerprint density at radius 1 is 1.56 bits per heavy atom. The van der Waals surface area contributed by atoms with Gasteiger partial charge in [-0.05, 0) is 45.2 Å². The molecule has 0 bridgehead atoms. The van der Waals surface area contributed by atoms with Crippen molar-refractivity contribution in [3.8, 4) is 0 Å². The molecule has 0 aromatic carbocycles. The zero-order chi connectivity index (χ0) is 13.8. The summed E-state index contributed by atoms with van der Waals surface area (Å²) in [5, 5.41) is 12.7. The van der Waals surface area contributed by atoms with Crippen molar-refractivity contribution in [3.63, 3.8) is 0 Å². The van der Waals surface area contributed by atoms with Crippen molar-refractivity contribution in [2.24, 2.45) is 5.92 Å². The van der Waals surface area contributed by atoms with Gasteiger partial charge in [-0.2, -0.15) is 0 Å². The van der Waals surface area contributed by atoms with Crippen molar-refractivity contribution < 1.29 is 9.90 Å². The minimum absolute atomic E-state index is 0.396. The normalized spacial score (nSPS) is 28.2. The quantitative estimate of drug-likeness (QED) is 0.731. The lowest BCUT2D eigenvalue weighted by atomic mass is 9.97. The summed E-state index contributed by atoms with van der Waals surface area (Å²) < 4.78 is 0. The van der Waals surface area contributed by atoms with Crippen LogP contribution in [0.15, 0.2) is 0 Å². The lowest BCUT2D eigenvalue weighted by molar-refractivity contribution is -0.144. The molecule has 0 saturated heterocycles. The van der Waals surface area contributed by atoms with Gasteiger partial charge >= 0.3 is 5.97 Å². The van der Waals surface area contributed by atoms with Gasteiger partial charge in [0.25, 0.3) is 0 Å². The van der Waals surface area contributed by atoms with Crippen LogP contribution in [0.25, 0.3) is 0 Å². The van der Waals surface area contributed by atoms with Crippen LogP contribution in [0.2, 0.25) is 0 Å². The summed E-state index contributed by atoms with van der Waals surface area (Å²) in [6.07, 6.45) is 3.43. The Hall–Kier alpha value is -0.610. The van der Waals surface area contributed by atoms with Gasteiger partial charge < -0.3 is 15.3 Å². The molecule has 1 aliphatic carbocycles. The predicted octanol–water partition coefficient (Wildman–Crippen LogP) is 1.95. The molecular formula is C14H28N2O2. The molecule has 18 heavy (non-hydrogen) atoms. The number of aliphatic carboxylic acids is 1. The van der Waals surface area contributed by atoms with E-state index in [0.29, 0.717) is 12.0 Å². The number of rotatable bonds is 7. The first-order valence-electron chi connectivity index (χ1n) is 7.10. The fraction of sp³-hybridized carbons (Fsp3) is 0.929. The Bertz CT molecular complexity index is 281. The van der Waals surface area contributed by atoms with Crippen LogP contribution in [0.1, 0.15) is 46.5 Å². The second-order valence-corrected chi connectivity index (χ2v) is 6.04. The van der Waals surface area contributed by atoms with E-state index in [2.05, 4.69) is 38.0 Å². The molecule has 1 aliphatic rings. The Morgan fingerprint density at radius 2 is 2.22 bits per heavy atom. The molecule has 1 saturated carbocycles. The van der Waals surface area contributed by atoms with E-state index < -0.39 is 11.5 Å². The zero-order valence-electron chi connectivity index (χ0n) is 12.2. The van der Waals surface area contributed by atoms with Crippen LogP contribution >= 0.6 is 0 Å². The number of hydrogen-bond acceptors (Lipinski definition) is 3. The topological polar surface area (TPSA) is 52.6 Å². The molecule has 0 heterocycles. The van der Waals surface area contributed by atoms with Gasteiger partial charge in [0.1, 0.15) is 5.54 Å². The molecule has 0 aromatic rings. The second kappa shape index (κ2) is 6.53. The van der Waals surface area contributed by atoms with E-state index in [9.17, 15) is 9.90 Å². The van der Waals surface area contributed by atoms with Crippen molar-refractivity contribution in [2.45, 2.75) is 58.0 Å². The van der Waals surface area contributed by atoms with E-state index in [-0.39, 0.29) is 0 Å².